The smallest absolute Gasteiger partial charge is 0.0951 e. The maximum Gasteiger partial charge on any atom is 0.0951 e. The molecule has 0 aliphatic carbocycles. The van der Waals surface area contributed by atoms with Gasteiger partial charge >= 0.3 is 0 Å². The van der Waals surface area contributed by atoms with E-state index in [0.29, 0.717) is 6.04 Å². The van der Waals surface area contributed by atoms with Gasteiger partial charge in [0.25, 0.3) is 0 Å². The molecule has 4 heteroatoms. The summed E-state index contributed by atoms with van der Waals surface area (Å²) >= 11 is 1.72. The Morgan fingerprint density at radius 1 is 1.60 bits per heavy atom. The van der Waals surface area contributed by atoms with Gasteiger partial charge in [-0.3, -0.25) is 0 Å². The van der Waals surface area contributed by atoms with Crippen molar-refractivity contribution in [3.8, 4) is 0 Å². The molecule has 0 bridgehead atoms. The summed E-state index contributed by atoms with van der Waals surface area (Å²) in [4.78, 5) is 4.53. The molecule has 0 fully saturated rings. The van der Waals surface area contributed by atoms with Crippen LogP contribution in [-0.4, -0.2) is 24.7 Å². The number of hydrogen-bond donors (Lipinski definition) is 1. The first-order valence-corrected chi connectivity index (χ1v) is 6.29. The van der Waals surface area contributed by atoms with E-state index >= 15 is 0 Å². The van der Waals surface area contributed by atoms with Gasteiger partial charge in [0.1, 0.15) is 0 Å². The van der Waals surface area contributed by atoms with E-state index in [1.807, 2.05) is 0 Å². The van der Waals surface area contributed by atoms with Gasteiger partial charge in [-0.1, -0.05) is 6.92 Å². The van der Waals surface area contributed by atoms with E-state index in [-0.39, 0.29) is 0 Å². The quantitative estimate of drug-likeness (QED) is 0.777. The highest BCUT2D eigenvalue weighted by Gasteiger charge is 2.03. The number of hydrogen-bond acceptors (Lipinski definition) is 4. The number of nitrogens with one attached hydrogen (secondary N) is 1. The Hall–Kier alpha value is -0.450. The molecule has 1 aromatic heterocycles. The lowest BCUT2D eigenvalue weighted by Gasteiger charge is -2.08. The third-order valence-electron chi connectivity index (χ3n) is 2.36. The second kappa shape index (κ2) is 6.93. The minimum Gasteiger partial charge on any atom is -0.384 e. The largest absolute Gasteiger partial charge is 0.384 e. The van der Waals surface area contributed by atoms with Crippen molar-refractivity contribution in [3.05, 3.63) is 16.1 Å². The van der Waals surface area contributed by atoms with E-state index in [0.717, 1.165) is 36.7 Å². The van der Waals surface area contributed by atoms with Gasteiger partial charge in [-0.15, -0.1) is 11.3 Å². The van der Waals surface area contributed by atoms with E-state index in [9.17, 15) is 0 Å². The van der Waals surface area contributed by atoms with Crippen LogP contribution in [0.25, 0.3) is 0 Å². The highest BCUT2D eigenvalue weighted by molar-refractivity contribution is 7.09. The van der Waals surface area contributed by atoms with E-state index in [4.69, 9.17) is 4.74 Å². The van der Waals surface area contributed by atoms with Gasteiger partial charge in [-0.2, -0.15) is 0 Å². The van der Waals surface area contributed by atoms with Gasteiger partial charge < -0.3 is 10.1 Å². The minimum atomic E-state index is 0.564. The summed E-state index contributed by atoms with van der Waals surface area (Å²) in [7, 11) is 1.72. The molecule has 1 heterocycles. The van der Waals surface area contributed by atoms with Gasteiger partial charge in [-0.05, 0) is 13.3 Å². The van der Waals surface area contributed by atoms with E-state index in [1.165, 1.54) is 0 Å². The van der Waals surface area contributed by atoms with Crippen molar-refractivity contribution in [1.29, 1.82) is 0 Å². The first-order valence-electron chi connectivity index (χ1n) is 5.41. The zero-order chi connectivity index (χ0) is 11.1. The standard InChI is InChI=1S/C11H20N2OS/c1-4-9(2)12-7-10-8-15-11(13-10)5-6-14-3/h8-9,12H,4-7H2,1-3H3. The Bertz CT molecular complexity index is 275. The number of methoxy groups -OCH3 is 1. The van der Waals surface area contributed by atoms with Gasteiger partial charge in [0.15, 0.2) is 0 Å². The van der Waals surface area contributed by atoms with Crippen molar-refractivity contribution >= 4 is 11.3 Å². The topological polar surface area (TPSA) is 34.1 Å². The number of rotatable bonds is 7. The van der Waals surface area contributed by atoms with Crippen molar-refractivity contribution in [1.82, 2.24) is 10.3 Å². The molecule has 1 aromatic rings. The fourth-order valence-corrected chi connectivity index (χ4v) is 1.94. The molecule has 1 rings (SSSR count). The van der Waals surface area contributed by atoms with Crippen LogP contribution in [0.3, 0.4) is 0 Å². The average Bonchev–Trinajstić information content (AvgIpc) is 2.71. The molecule has 1 atom stereocenters. The molecule has 0 amide bonds. The van der Waals surface area contributed by atoms with Crippen LogP contribution in [-0.2, 0) is 17.7 Å². The van der Waals surface area contributed by atoms with Crippen molar-refractivity contribution in [2.24, 2.45) is 0 Å². The van der Waals surface area contributed by atoms with Crippen LogP contribution in [0.2, 0.25) is 0 Å². The maximum atomic E-state index is 5.02. The summed E-state index contributed by atoms with van der Waals surface area (Å²) in [6.45, 7) is 6.01. The van der Waals surface area contributed by atoms with Crippen LogP contribution >= 0.6 is 11.3 Å². The molecule has 0 saturated carbocycles. The lowest BCUT2D eigenvalue weighted by molar-refractivity contribution is 0.202. The van der Waals surface area contributed by atoms with Gasteiger partial charge in [0.2, 0.25) is 0 Å². The van der Waals surface area contributed by atoms with Crippen LogP contribution < -0.4 is 5.32 Å². The molecular formula is C11H20N2OS. The van der Waals surface area contributed by atoms with Crippen LogP contribution in [0.5, 0.6) is 0 Å². The molecule has 0 radical (unpaired) electrons. The molecule has 0 spiro atoms. The zero-order valence-corrected chi connectivity index (χ0v) is 10.6. The fourth-order valence-electron chi connectivity index (χ4n) is 1.16. The highest BCUT2D eigenvalue weighted by Crippen LogP contribution is 2.10. The number of aromatic nitrogens is 1. The summed E-state index contributed by atoms with van der Waals surface area (Å²) in [6, 6.07) is 0.564. The van der Waals surface area contributed by atoms with Gasteiger partial charge in [0, 0.05) is 31.5 Å². The Balaban J connectivity index is 2.32. The summed E-state index contributed by atoms with van der Waals surface area (Å²) in [5.74, 6) is 0. The summed E-state index contributed by atoms with van der Waals surface area (Å²) in [6.07, 6.45) is 2.07. The molecule has 15 heavy (non-hydrogen) atoms. The zero-order valence-electron chi connectivity index (χ0n) is 9.75. The molecule has 0 saturated heterocycles. The Kier molecular flexibility index (Phi) is 5.83. The minimum absolute atomic E-state index is 0.564. The van der Waals surface area contributed by atoms with Gasteiger partial charge in [0.05, 0.1) is 17.3 Å². The van der Waals surface area contributed by atoms with Crippen molar-refractivity contribution < 1.29 is 4.74 Å². The number of nitrogens with zero attached hydrogens (tertiary/aromatic N) is 1. The summed E-state index contributed by atoms with van der Waals surface area (Å²) in [5, 5.41) is 6.72. The van der Waals surface area contributed by atoms with E-state index < -0.39 is 0 Å². The predicted molar refractivity (Wildman–Crippen MR) is 64.3 cm³/mol. The van der Waals surface area contributed by atoms with Crippen molar-refractivity contribution in [2.75, 3.05) is 13.7 Å². The molecular weight excluding hydrogens is 208 g/mol. The third kappa shape index (κ3) is 4.73. The Labute approximate surface area is 95.9 Å². The molecule has 1 unspecified atom stereocenters. The summed E-state index contributed by atoms with van der Waals surface area (Å²) in [5.41, 5.74) is 1.14. The third-order valence-corrected chi connectivity index (χ3v) is 3.32. The fraction of sp³-hybridized carbons (Fsp3) is 0.727. The second-order valence-electron chi connectivity index (χ2n) is 3.67. The Morgan fingerprint density at radius 2 is 2.40 bits per heavy atom. The van der Waals surface area contributed by atoms with Crippen LogP contribution in [0.15, 0.2) is 5.38 Å². The average molecular weight is 228 g/mol. The Morgan fingerprint density at radius 3 is 3.07 bits per heavy atom. The highest BCUT2D eigenvalue weighted by atomic mass is 32.1. The van der Waals surface area contributed by atoms with Crippen LogP contribution in [0.4, 0.5) is 0 Å². The van der Waals surface area contributed by atoms with Crippen molar-refractivity contribution in [3.63, 3.8) is 0 Å². The van der Waals surface area contributed by atoms with Gasteiger partial charge in [-0.25, -0.2) is 4.98 Å². The molecule has 1 N–H and O–H groups in total. The maximum absolute atomic E-state index is 5.02. The molecule has 3 nitrogen and oxygen atoms in total. The lowest BCUT2D eigenvalue weighted by atomic mass is 10.2. The first-order chi connectivity index (χ1) is 7.26. The second-order valence-corrected chi connectivity index (χ2v) is 4.61. The van der Waals surface area contributed by atoms with Crippen molar-refractivity contribution in [2.45, 2.75) is 39.3 Å². The monoisotopic (exact) mass is 228 g/mol. The summed E-state index contributed by atoms with van der Waals surface area (Å²) < 4.78 is 5.02. The molecule has 86 valence electrons. The number of ether oxygens (including phenoxy) is 1. The normalized spacial score (nSPS) is 13.0. The molecule has 0 aromatic carbocycles. The lowest BCUT2D eigenvalue weighted by Crippen LogP contribution is -2.24. The SMILES string of the molecule is CCC(C)NCc1csc(CCOC)n1. The van der Waals surface area contributed by atoms with E-state index in [2.05, 4.69) is 29.5 Å². The van der Waals surface area contributed by atoms with E-state index in [1.54, 1.807) is 18.4 Å². The van der Waals surface area contributed by atoms with Crippen LogP contribution in [0.1, 0.15) is 31.0 Å². The molecule has 0 aliphatic heterocycles. The molecule has 0 aliphatic rings. The first kappa shape index (κ1) is 12.6. The predicted octanol–water partition coefficient (Wildman–Crippen LogP) is 2.22. The van der Waals surface area contributed by atoms with Crippen LogP contribution in [0, 0.1) is 0 Å². The number of thiazole rings is 1.